The zero-order chi connectivity index (χ0) is 14.7. The van der Waals surface area contributed by atoms with Crippen LogP contribution >= 0.6 is 22.6 Å². The van der Waals surface area contributed by atoms with Gasteiger partial charge in [-0.2, -0.15) is 0 Å². The van der Waals surface area contributed by atoms with Crippen LogP contribution in [0.3, 0.4) is 0 Å². The fourth-order valence-electron chi connectivity index (χ4n) is 1.85. The zero-order valence-corrected chi connectivity index (χ0v) is 13.7. The fourth-order valence-corrected chi connectivity index (χ4v) is 2.74. The minimum Gasteiger partial charge on any atom is -0.504 e. The second-order valence-corrected chi connectivity index (χ2v) is 5.23. The number of anilines is 1. The molecule has 1 aromatic heterocycles. The Labute approximate surface area is 131 Å². The summed E-state index contributed by atoms with van der Waals surface area (Å²) in [6.45, 7) is 2.05. The van der Waals surface area contributed by atoms with Crippen molar-refractivity contribution in [2.24, 2.45) is 0 Å². The van der Waals surface area contributed by atoms with Gasteiger partial charge in [0.15, 0.2) is 17.3 Å². The van der Waals surface area contributed by atoms with Gasteiger partial charge in [-0.1, -0.05) is 6.92 Å². The minimum absolute atomic E-state index is 0.0798. The molecule has 0 spiro atoms. The zero-order valence-electron chi connectivity index (χ0n) is 11.6. The van der Waals surface area contributed by atoms with Crippen LogP contribution in [0.5, 0.6) is 11.5 Å². The third kappa shape index (κ3) is 2.79. The smallest absolute Gasteiger partial charge is 0.161 e. The van der Waals surface area contributed by atoms with E-state index in [1.807, 2.05) is 13.1 Å². The first-order valence-corrected chi connectivity index (χ1v) is 7.30. The van der Waals surface area contributed by atoms with Crippen molar-refractivity contribution >= 4 is 28.4 Å². The first-order valence-electron chi connectivity index (χ1n) is 6.22. The summed E-state index contributed by atoms with van der Waals surface area (Å²) in [6, 6.07) is 5.15. The SMILES string of the molecule is CCc1nc(-c2ccc(OC)c(O)c2)nc(NC)c1I. The summed E-state index contributed by atoms with van der Waals surface area (Å²) in [5, 5.41) is 12.9. The van der Waals surface area contributed by atoms with Gasteiger partial charge in [-0.05, 0) is 47.2 Å². The number of methoxy groups -OCH3 is 1. The number of phenolic OH excluding ortho intramolecular Hbond substituents is 1. The summed E-state index contributed by atoms with van der Waals surface area (Å²) >= 11 is 2.24. The molecule has 0 aliphatic carbocycles. The van der Waals surface area contributed by atoms with Crippen LogP contribution in [0.15, 0.2) is 18.2 Å². The molecule has 0 radical (unpaired) electrons. The van der Waals surface area contributed by atoms with Gasteiger partial charge in [0.25, 0.3) is 0 Å². The van der Waals surface area contributed by atoms with E-state index in [0.717, 1.165) is 27.1 Å². The van der Waals surface area contributed by atoms with E-state index in [9.17, 15) is 5.11 Å². The van der Waals surface area contributed by atoms with Crippen molar-refractivity contribution in [1.29, 1.82) is 0 Å². The van der Waals surface area contributed by atoms with Crippen molar-refractivity contribution in [1.82, 2.24) is 9.97 Å². The Kier molecular flexibility index (Phi) is 4.64. The van der Waals surface area contributed by atoms with Gasteiger partial charge in [0, 0.05) is 12.6 Å². The number of hydrogen-bond acceptors (Lipinski definition) is 5. The number of ether oxygens (including phenoxy) is 1. The van der Waals surface area contributed by atoms with Gasteiger partial charge < -0.3 is 15.2 Å². The molecule has 0 amide bonds. The molecule has 20 heavy (non-hydrogen) atoms. The Morgan fingerprint density at radius 2 is 2.10 bits per heavy atom. The number of nitrogens with zero attached hydrogens (tertiary/aromatic N) is 2. The standard InChI is InChI=1S/C14H16IN3O2/c1-4-9-12(15)14(16-2)18-13(17-9)8-5-6-11(20-3)10(19)7-8/h5-7,19H,4H2,1-3H3,(H,16,17,18). The van der Waals surface area contributed by atoms with Crippen LogP contribution in [-0.2, 0) is 6.42 Å². The molecule has 0 bridgehead atoms. The van der Waals surface area contributed by atoms with Gasteiger partial charge in [-0.25, -0.2) is 9.97 Å². The van der Waals surface area contributed by atoms with Crippen LogP contribution in [-0.4, -0.2) is 29.2 Å². The third-order valence-corrected chi connectivity index (χ3v) is 4.06. The van der Waals surface area contributed by atoms with E-state index in [1.165, 1.54) is 7.11 Å². The molecule has 106 valence electrons. The van der Waals surface area contributed by atoms with Crippen LogP contribution < -0.4 is 10.1 Å². The van der Waals surface area contributed by atoms with E-state index in [1.54, 1.807) is 12.1 Å². The molecular formula is C14H16IN3O2. The molecule has 0 unspecified atom stereocenters. The predicted molar refractivity (Wildman–Crippen MR) is 87.3 cm³/mol. The van der Waals surface area contributed by atoms with Crippen LogP contribution in [0, 0.1) is 3.57 Å². The summed E-state index contributed by atoms with van der Waals surface area (Å²) in [6.07, 6.45) is 0.824. The lowest BCUT2D eigenvalue weighted by Crippen LogP contribution is -2.04. The van der Waals surface area contributed by atoms with Crippen LogP contribution in [0.25, 0.3) is 11.4 Å². The maximum atomic E-state index is 9.86. The van der Waals surface area contributed by atoms with Crippen molar-refractivity contribution in [2.45, 2.75) is 13.3 Å². The number of aromatic nitrogens is 2. The summed E-state index contributed by atoms with van der Waals surface area (Å²) < 4.78 is 6.06. The van der Waals surface area contributed by atoms with Gasteiger partial charge in [0.1, 0.15) is 5.82 Å². The lowest BCUT2D eigenvalue weighted by molar-refractivity contribution is 0.373. The summed E-state index contributed by atoms with van der Waals surface area (Å²) in [5.74, 6) is 1.90. The van der Waals surface area contributed by atoms with E-state index in [2.05, 4.69) is 44.8 Å². The molecule has 0 saturated heterocycles. The molecule has 0 fully saturated rings. The van der Waals surface area contributed by atoms with Crippen molar-refractivity contribution < 1.29 is 9.84 Å². The van der Waals surface area contributed by atoms with E-state index >= 15 is 0 Å². The number of benzene rings is 1. The van der Waals surface area contributed by atoms with Gasteiger partial charge in [-0.3, -0.25) is 0 Å². The fraction of sp³-hybridized carbons (Fsp3) is 0.286. The van der Waals surface area contributed by atoms with Gasteiger partial charge >= 0.3 is 0 Å². The monoisotopic (exact) mass is 385 g/mol. The number of hydrogen-bond donors (Lipinski definition) is 2. The van der Waals surface area contributed by atoms with Gasteiger partial charge in [0.05, 0.1) is 16.4 Å². The van der Waals surface area contributed by atoms with Crippen LogP contribution in [0.2, 0.25) is 0 Å². The molecular weight excluding hydrogens is 369 g/mol. The summed E-state index contributed by atoms with van der Waals surface area (Å²) in [5.41, 5.74) is 1.74. The minimum atomic E-state index is 0.0798. The first-order chi connectivity index (χ1) is 9.60. The van der Waals surface area contributed by atoms with Crippen molar-refractivity contribution in [3.8, 4) is 22.9 Å². The predicted octanol–water partition coefficient (Wildman–Crippen LogP) is 3.07. The Balaban J connectivity index is 2.54. The molecule has 6 heteroatoms. The van der Waals surface area contributed by atoms with E-state index in [0.29, 0.717) is 11.6 Å². The number of halogens is 1. The Morgan fingerprint density at radius 1 is 1.35 bits per heavy atom. The van der Waals surface area contributed by atoms with Crippen LogP contribution in [0.1, 0.15) is 12.6 Å². The van der Waals surface area contributed by atoms with Crippen LogP contribution in [0.4, 0.5) is 5.82 Å². The highest BCUT2D eigenvalue weighted by Gasteiger charge is 2.13. The maximum absolute atomic E-state index is 9.86. The molecule has 1 heterocycles. The quantitative estimate of drug-likeness (QED) is 0.792. The number of phenols is 1. The maximum Gasteiger partial charge on any atom is 0.161 e. The Hall–Kier alpha value is -1.57. The van der Waals surface area contributed by atoms with Gasteiger partial charge in [-0.15, -0.1) is 0 Å². The average Bonchev–Trinajstić information content (AvgIpc) is 2.47. The lowest BCUT2D eigenvalue weighted by atomic mass is 10.1. The molecule has 2 rings (SSSR count). The van der Waals surface area contributed by atoms with E-state index < -0.39 is 0 Å². The van der Waals surface area contributed by atoms with Crippen molar-refractivity contribution in [3.05, 3.63) is 27.5 Å². The number of aromatic hydroxyl groups is 1. The number of nitrogens with one attached hydrogen (secondary N) is 1. The topological polar surface area (TPSA) is 67.3 Å². The summed E-state index contributed by atoms with van der Waals surface area (Å²) in [7, 11) is 3.35. The molecule has 0 atom stereocenters. The van der Waals surface area contributed by atoms with Crippen molar-refractivity contribution in [2.75, 3.05) is 19.5 Å². The molecule has 1 aromatic carbocycles. The third-order valence-electron chi connectivity index (χ3n) is 2.93. The van der Waals surface area contributed by atoms with Crippen molar-refractivity contribution in [3.63, 3.8) is 0 Å². The Bertz CT molecular complexity index is 607. The molecule has 0 saturated carbocycles. The van der Waals surface area contributed by atoms with E-state index in [4.69, 9.17) is 4.74 Å². The highest BCUT2D eigenvalue weighted by molar-refractivity contribution is 14.1. The molecule has 0 aliphatic rings. The highest BCUT2D eigenvalue weighted by Crippen LogP contribution is 2.31. The van der Waals surface area contributed by atoms with E-state index in [-0.39, 0.29) is 5.75 Å². The average molecular weight is 385 g/mol. The molecule has 2 aromatic rings. The second-order valence-electron chi connectivity index (χ2n) is 4.15. The highest BCUT2D eigenvalue weighted by atomic mass is 127. The number of rotatable bonds is 4. The Morgan fingerprint density at radius 3 is 2.65 bits per heavy atom. The molecule has 0 aliphatic heterocycles. The normalized spacial score (nSPS) is 10.4. The van der Waals surface area contributed by atoms with Gasteiger partial charge in [0.2, 0.25) is 0 Å². The second kappa shape index (κ2) is 6.25. The first kappa shape index (κ1) is 14.8. The molecule has 5 nitrogen and oxygen atoms in total. The lowest BCUT2D eigenvalue weighted by Gasteiger charge is -2.11. The number of aryl methyl sites for hydroxylation is 1. The molecule has 2 N–H and O–H groups in total. The summed E-state index contributed by atoms with van der Waals surface area (Å²) in [4.78, 5) is 9.04. The largest absolute Gasteiger partial charge is 0.504 e.